The van der Waals surface area contributed by atoms with Crippen LogP contribution in [0.5, 0.6) is 0 Å². The molecule has 0 aromatic carbocycles. The molecule has 0 radical (unpaired) electrons. The van der Waals surface area contributed by atoms with E-state index in [1.54, 1.807) is 0 Å². The Bertz CT molecular complexity index is 691. The average molecular weight is 356 g/mol. The summed E-state index contributed by atoms with van der Waals surface area (Å²) in [6.07, 6.45) is 9.31. The molecule has 0 spiro atoms. The zero-order chi connectivity index (χ0) is 17.6. The molecule has 5 heteroatoms. The SMILES string of the molecule is O=C1NC(=O)C2C1C1C(=O)C3CCCCC3C1C1NC3CCCCC3C12. The number of ketones is 1. The lowest BCUT2D eigenvalue weighted by molar-refractivity contribution is -0.137. The summed E-state index contributed by atoms with van der Waals surface area (Å²) in [6.45, 7) is 0. The molecule has 4 saturated carbocycles. The number of Topliss-reactive ketones (excluding diaryl/α,β-unsaturated/α-hetero) is 1. The molecule has 2 saturated heterocycles. The molecule has 6 aliphatic rings. The Morgan fingerprint density at radius 1 is 0.692 bits per heavy atom. The Morgan fingerprint density at radius 3 is 2.19 bits per heavy atom. The molecule has 2 aliphatic heterocycles. The number of carbonyl (C=O) groups excluding carboxylic acids is 3. The van der Waals surface area contributed by atoms with Crippen molar-refractivity contribution < 1.29 is 14.4 Å². The molecule has 10 atom stereocenters. The lowest BCUT2D eigenvalue weighted by atomic mass is 9.56. The van der Waals surface area contributed by atoms with E-state index < -0.39 is 0 Å². The van der Waals surface area contributed by atoms with Crippen molar-refractivity contribution in [1.29, 1.82) is 0 Å². The third kappa shape index (κ3) is 1.83. The Labute approximate surface area is 154 Å². The van der Waals surface area contributed by atoms with Crippen LogP contribution < -0.4 is 10.6 Å². The molecule has 26 heavy (non-hydrogen) atoms. The predicted octanol–water partition coefficient (Wildman–Crippen LogP) is 1.66. The fraction of sp³-hybridized carbons (Fsp3) is 0.857. The van der Waals surface area contributed by atoms with E-state index in [1.807, 2.05) is 0 Å². The van der Waals surface area contributed by atoms with Gasteiger partial charge in [0.2, 0.25) is 11.8 Å². The molecule has 10 unspecified atom stereocenters. The second-order valence-electron chi connectivity index (χ2n) is 9.79. The van der Waals surface area contributed by atoms with E-state index in [2.05, 4.69) is 10.6 Å². The highest BCUT2D eigenvalue weighted by Crippen LogP contribution is 2.61. The summed E-state index contributed by atoms with van der Waals surface area (Å²) in [4.78, 5) is 38.9. The van der Waals surface area contributed by atoms with Crippen LogP contribution in [0.3, 0.4) is 0 Å². The summed E-state index contributed by atoms with van der Waals surface area (Å²) in [5, 5.41) is 6.55. The minimum atomic E-state index is -0.380. The molecule has 6 fully saturated rings. The van der Waals surface area contributed by atoms with Gasteiger partial charge < -0.3 is 5.32 Å². The van der Waals surface area contributed by atoms with Crippen molar-refractivity contribution in [3.63, 3.8) is 0 Å². The van der Waals surface area contributed by atoms with E-state index in [-0.39, 0.29) is 53.4 Å². The predicted molar refractivity (Wildman–Crippen MR) is 93.7 cm³/mol. The zero-order valence-electron chi connectivity index (χ0n) is 15.2. The second kappa shape index (κ2) is 5.40. The van der Waals surface area contributed by atoms with Crippen molar-refractivity contribution in [3.8, 4) is 0 Å². The summed E-state index contributed by atoms with van der Waals surface area (Å²) in [6, 6.07) is 0.752. The maximum atomic E-state index is 13.4. The van der Waals surface area contributed by atoms with E-state index >= 15 is 0 Å². The number of hydrogen-bond donors (Lipinski definition) is 2. The van der Waals surface area contributed by atoms with Gasteiger partial charge in [-0.15, -0.1) is 0 Å². The van der Waals surface area contributed by atoms with Crippen LogP contribution in [-0.4, -0.2) is 29.7 Å². The normalized spacial score (nSPS) is 54.8. The molecular formula is C21H28N2O3. The molecule has 5 nitrogen and oxygen atoms in total. The molecule has 0 aromatic heterocycles. The van der Waals surface area contributed by atoms with Crippen LogP contribution in [-0.2, 0) is 14.4 Å². The standard InChI is InChI=1S/C21H28N2O3/c24-19-10-6-2-1-5-9(10)13-15(19)17-16(20(25)23-21(17)26)14-11-7-3-4-8-12(11)22-18(13)14/h9-18,22H,1-8H2,(H,23,25,26). The molecule has 2 heterocycles. The Balaban J connectivity index is 1.48. The van der Waals surface area contributed by atoms with Crippen LogP contribution in [0, 0.1) is 47.3 Å². The molecule has 6 rings (SSSR count). The van der Waals surface area contributed by atoms with E-state index in [0.717, 1.165) is 19.3 Å². The lowest BCUT2D eigenvalue weighted by Gasteiger charge is -2.45. The van der Waals surface area contributed by atoms with Crippen LogP contribution in [0.1, 0.15) is 51.4 Å². The number of hydrogen-bond acceptors (Lipinski definition) is 4. The van der Waals surface area contributed by atoms with Gasteiger partial charge in [-0.05, 0) is 49.4 Å². The Hall–Kier alpha value is -1.23. The van der Waals surface area contributed by atoms with E-state index in [1.165, 1.54) is 32.1 Å². The van der Waals surface area contributed by atoms with Gasteiger partial charge >= 0.3 is 0 Å². The van der Waals surface area contributed by atoms with Crippen LogP contribution >= 0.6 is 0 Å². The lowest BCUT2D eigenvalue weighted by Crippen LogP contribution is -2.54. The largest absolute Gasteiger partial charge is 0.310 e. The first-order valence-electron chi connectivity index (χ1n) is 10.8. The zero-order valence-corrected chi connectivity index (χ0v) is 15.2. The Kier molecular flexibility index (Phi) is 3.28. The number of imide groups is 1. The highest BCUT2D eigenvalue weighted by molar-refractivity contribution is 6.08. The molecule has 2 N–H and O–H groups in total. The molecule has 2 amide bonds. The fourth-order valence-electron chi connectivity index (χ4n) is 8.31. The summed E-state index contributed by atoms with van der Waals surface area (Å²) < 4.78 is 0. The van der Waals surface area contributed by atoms with Crippen molar-refractivity contribution >= 4 is 17.6 Å². The highest BCUT2D eigenvalue weighted by Gasteiger charge is 2.69. The summed E-state index contributed by atoms with van der Waals surface area (Å²) >= 11 is 0. The number of fused-ring (bicyclic) bond motifs is 10. The summed E-state index contributed by atoms with van der Waals surface area (Å²) in [5.41, 5.74) is 0. The smallest absolute Gasteiger partial charge is 0.231 e. The van der Waals surface area contributed by atoms with Crippen molar-refractivity contribution in [1.82, 2.24) is 10.6 Å². The van der Waals surface area contributed by atoms with Gasteiger partial charge in [0.25, 0.3) is 0 Å². The maximum absolute atomic E-state index is 13.4. The quantitative estimate of drug-likeness (QED) is 0.647. The maximum Gasteiger partial charge on any atom is 0.231 e. The highest BCUT2D eigenvalue weighted by atomic mass is 16.2. The summed E-state index contributed by atoms with van der Waals surface area (Å²) in [5.74, 6) is 0.834. The van der Waals surface area contributed by atoms with Crippen LogP contribution in [0.2, 0.25) is 0 Å². The second-order valence-corrected chi connectivity index (χ2v) is 9.79. The molecule has 0 aromatic rings. The van der Waals surface area contributed by atoms with Crippen LogP contribution in [0.4, 0.5) is 0 Å². The number of nitrogens with one attached hydrogen (secondary N) is 2. The van der Waals surface area contributed by atoms with Crippen LogP contribution in [0.15, 0.2) is 0 Å². The summed E-state index contributed by atoms with van der Waals surface area (Å²) in [7, 11) is 0. The van der Waals surface area contributed by atoms with Crippen molar-refractivity contribution in [2.75, 3.05) is 0 Å². The minimum absolute atomic E-state index is 0.0934. The first-order valence-corrected chi connectivity index (χ1v) is 10.8. The van der Waals surface area contributed by atoms with Crippen molar-refractivity contribution in [3.05, 3.63) is 0 Å². The average Bonchev–Trinajstić information content (AvgIpc) is 3.26. The Morgan fingerprint density at radius 2 is 1.35 bits per heavy atom. The van der Waals surface area contributed by atoms with Gasteiger partial charge in [0.1, 0.15) is 5.78 Å². The van der Waals surface area contributed by atoms with Gasteiger partial charge in [-0.2, -0.15) is 0 Å². The third-order valence-electron chi connectivity index (χ3n) is 9.01. The van der Waals surface area contributed by atoms with Crippen molar-refractivity contribution in [2.45, 2.75) is 63.5 Å². The van der Waals surface area contributed by atoms with Crippen LogP contribution in [0.25, 0.3) is 0 Å². The van der Waals surface area contributed by atoms with E-state index in [4.69, 9.17) is 0 Å². The van der Waals surface area contributed by atoms with Crippen molar-refractivity contribution in [2.24, 2.45) is 47.3 Å². The van der Waals surface area contributed by atoms with Gasteiger partial charge in [-0.1, -0.05) is 25.7 Å². The van der Waals surface area contributed by atoms with Gasteiger partial charge in [0.05, 0.1) is 11.8 Å². The number of rotatable bonds is 0. The number of carbonyl (C=O) groups is 3. The first kappa shape index (κ1) is 15.8. The number of amides is 2. The first-order chi connectivity index (χ1) is 12.7. The third-order valence-corrected chi connectivity index (χ3v) is 9.01. The molecule has 4 aliphatic carbocycles. The molecule has 140 valence electrons. The molecular weight excluding hydrogens is 328 g/mol. The monoisotopic (exact) mass is 356 g/mol. The van der Waals surface area contributed by atoms with Gasteiger partial charge in [0, 0.05) is 23.9 Å². The fourth-order valence-corrected chi connectivity index (χ4v) is 8.31. The van der Waals surface area contributed by atoms with Gasteiger partial charge in [0.15, 0.2) is 0 Å². The van der Waals surface area contributed by atoms with E-state index in [9.17, 15) is 14.4 Å². The molecule has 0 bridgehead atoms. The van der Waals surface area contributed by atoms with Gasteiger partial charge in [-0.3, -0.25) is 19.7 Å². The minimum Gasteiger partial charge on any atom is -0.310 e. The van der Waals surface area contributed by atoms with E-state index in [0.29, 0.717) is 23.7 Å². The topological polar surface area (TPSA) is 75.3 Å². The van der Waals surface area contributed by atoms with Gasteiger partial charge in [-0.25, -0.2) is 0 Å².